The number of hydrogen-bond acceptors (Lipinski definition) is 2. The van der Waals surface area contributed by atoms with Crippen LogP contribution in [0.2, 0.25) is 0 Å². The van der Waals surface area contributed by atoms with Gasteiger partial charge in [0, 0.05) is 18.5 Å². The molecule has 0 unspecified atom stereocenters. The van der Waals surface area contributed by atoms with Crippen LogP contribution in [0.15, 0.2) is 37.0 Å². The average Bonchev–Trinajstić information content (AvgIpc) is 2.10. The summed E-state index contributed by atoms with van der Waals surface area (Å²) in [6.45, 7) is 5.81. The summed E-state index contributed by atoms with van der Waals surface area (Å²) in [5.41, 5.74) is 0. The average molecular weight is 178 g/mol. The zero-order valence-electron chi connectivity index (χ0n) is 7.79. The highest BCUT2D eigenvalue weighted by Crippen LogP contribution is 2.06. The van der Waals surface area contributed by atoms with Gasteiger partial charge in [0.25, 0.3) is 5.91 Å². The first-order valence-corrected chi connectivity index (χ1v) is 4.37. The van der Waals surface area contributed by atoms with Crippen molar-refractivity contribution in [3.63, 3.8) is 0 Å². The van der Waals surface area contributed by atoms with E-state index < -0.39 is 0 Å². The Morgan fingerprint density at radius 2 is 2.46 bits per heavy atom. The number of unbranched alkanes of at least 4 members (excludes halogenated alkanes) is 1. The molecule has 3 heteroatoms. The highest BCUT2D eigenvalue weighted by atomic mass is 16.2. The highest BCUT2D eigenvalue weighted by Gasteiger charge is 2.13. The molecule has 1 amide bonds. The third kappa shape index (κ3) is 2.47. The topological polar surface area (TPSA) is 32.3 Å². The van der Waals surface area contributed by atoms with Gasteiger partial charge >= 0.3 is 0 Å². The maximum atomic E-state index is 11.3. The Balaban J connectivity index is 2.61. The van der Waals surface area contributed by atoms with E-state index in [4.69, 9.17) is 0 Å². The predicted octanol–water partition coefficient (Wildman–Crippen LogP) is 1.72. The van der Waals surface area contributed by atoms with Crippen molar-refractivity contribution in [1.82, 2.24) is 10.2 Å². The second-order valence-electron chi connectivity index (χ2n) is 2.81. The summed E-state index contributed by atoms with van der Waals surface area (Å²) in [7, 11) is 0. The van der Waals surface area contributed by atoms with Gasteiger partial charge in [-0.15, -0.1) is 0 Å². The van der Waals surface area contributed by atoms with Crippen LogP contribution in [0.25, 0.3) is 0 Å². The Bertz CT molecular complexity index is 266. The van der Waals surface area contributed by atoms with E-state index in [1.807, 2.05) is 6.08 Å². The van der Waals surface area contributed by atoms with Crippen LogP contribution in [0.3, 0.4) is 0 Å². The van der Waals surface area contributed by atoms with E-state index in [-0.39, 0.29) is 5.91 Å². The Labute approximate surface area is 78.4 Å². The highest BCUT2D eigenvalue weighted by molar-refractivity contribution is 5.90. The fourth-order valence-corrected chi connectivity index (χ4v) is 1.00. The number of rotatable bonds is 3. The molecule has 0 aromatic carbocycles. The molecule has 0 aliphatic carbocycles. The number of carbonyl (C=O) groups is 1. The fourth-order valence-electron chi connectivity index (χ4n) is 1.00. The van der Waals surface area contributed by atoms with Crippen LogP contribution in [0, 0.1) is 0 Å². The van der Waals surface area contributed by atoms with E-state index in [1.165, 1.54) is 11.0 Å². The lowest BCUT2D eigenvalue weighted by molar-refractivity contribution is -0.122. The van der Waals surface area contributed by atoms with Crippen molar-refractivity contribution in [3.05, 3.63) is 37.0 Å². The molecule has 0 saturated carbocycles. The van der Waals surface area contributed by atoms with Crippen LogP contribution < -0.4 is 5.32 Å². The van der Waals surface area contributed by atoms with Crippen molar-refractivity contribution in [3.8, 4) is 0 Å². The summed E-state index contributed by atoms with van der Waals surface area (Å²) in [4.78, 5) is 12.8. The molecular weight excluding hydrogens is 164 g/mol. The summed E-state index contributed by atoms with van der Waals surface area (Å²) in [6.07, 6.45) is 8.84. The third-order valence-electron chi connectivity index (χ3n) is 1.71. The maximum Gasteiger partial charge on any atom is 0.257 e. The third-order valence-corrected chi connectivity index (χ3v) is 1.71. The van der Waals surface area contributed by atoms with Crippen molar-refractivity contribution < 1.29 is 4.79 Å². The van der Waals surface area contributed by atoms with Crippen molar-refractivity contribution >= 4 is 5.91 Å². The molecule has 1 aliphatic heterocycles. The molecule has 0 fully saturated rings. The molecule has 0 saturated heterocycles. The molecule has 1 heterocycles. The van der Waals surface area contributed by atoms with Gasteiger partial charge in [-0.2, -0.15) is 0 Å². The molecule has 3 nitrogen and oxygen atoms in total. The number of nitrogens with zero attached hydrogens (tertiary/aromatic N) is 1. The zero-order valence-corrected chi connectivity index (χ0v) is 7.79. The second kappa shape index (κ2) is 4.50. The number of nitrogens with one attached hydrogen (secondary N) is 1. The van der Waals surface area contributed by atoms with Gasteiger partial charge < -0.3 is 5.32 Å². The molecule has 1 aliphatic rings. The molecule has 1 rings (SSSR count). The van der Waals surface area contributed by atoms with Crippen LogP contribution in [0.4, 0.5) is 0 Å². The number of carbonyl (C=O) groups excluding carboxylic acids is 1. The summed E-state index contributed by atoms with van der Waals surface area (Å²) in [6, 6.07) is 0. The summed E-state index contributed by atoms with van der Waals surface area (Å²) < 4.78 is 0. The molecular formula is C10H14N2O. The van der Waals surface area contributed by atoms with Crippen molar-refractivity contribution in [1.29, 1.82) is 0 Å². The Morgan fingerprint density at radius 3 is 3.08 bits per heavy atom. The van der Waals surface area contributed by atoms with Crippen LogP contribution in [-0.4, -0.2) is 10.8 Å². The van der Waals surface area contributed by atoms with Crippen LogP contribution in [-0.2, 0) is 4.79 Å². The van der Waals surface area contributed by atoms with E-state index in [2.05, 4.69) is 18.8 Å². The largest absolute Gasteiger partial charge is 0.348 e. The van der Waals surface area contributed by atoms with Gasteiger partial charge in [-0.3, -0.25) is 9.69 Å². The van der Waals surface area contributed by atoms with E-state index in [0.29, 0.717) is 5.82 Å². The minimum Gasteiger partial charge on any atom is -0.348 e. The fraction of sp³-hybridized carbons (Fsp3) is 0.300. The Morgan fingerprint density at radius 1 is 1.69 bits per heavy atom. The summed E-state index contributed by atoms with van der Waals surface area (Å²) >= 11 is 0. The molecule has 0 radical (unpaired) electrons. The van der Waals surface area contributed by atoms with Crippen LogP contribution in [0.1, 0.15) is 19.8 Å². The molecule has 0 aromatic heterocycles. The van der Waals surface area contributed by atoms with Crippen molar-refractivity contribution in [2.24, 2.45) is 0 Å². The quantitative estimate of drug-likeness (QED) is 0.713. The lowest BCUT2D eigenvalue weighted by Crippen LogP contribution is -2.32. The smallest absolute Gasteiger partial charge is 0.257 e. The summed E-state index contributed by atoms with van der Waals surface area (Å²) in [5, 5.41) is 2.87. The minimum absolute atomic E-state index is 0.0592. The molecule has 0 atom stereocenters. The van der Waals surface area contributed by atoms with Gasteiger partial charge in [0.1, 0.15) is 5.82 Å². The molecule has 0 spiro atoms. The maximum absolute atomic E-state index is 11.3. The lowest BCUT2D eigenvalue weighted by atomic mass is 10.3. The molecule has 1 N–H and O–H groups in total. The minimum atomic E-state index is -0.0592. The summed E-state index contributed by atoms with van der Waals surface area (Å²) in [5.74, 6) is 0.538. The second-order valence-corrected chi connectivity index (χ2v) is 2.81. The van der Waals surface area contributed by atoms with Crippen LogP contribution in [0.5, 0.6) is 0 Å². The van der Waals surface area contributed by atoms with Gasteiger partial charge in [-0.25, -0.2) is 0 Å². The predicted molar refractivity (Wildman–Crippen MR) is 52.3 cm³/mol. The standard InChI is InChI=1S/C10H14N2O/c1-3-4-5-8-12-9(2)11-7-6-10(12)13/h5-8,11H,2-4H2,1H3/b8-5-. The first-order chi connectivity index (χ1) is 6.25. The van der Waals surface area contributed by atoms with E-state index in [0.717, 1.165) is 12.8 Å². The molecule has 0 bridgehead atoms. The van der Waals surface area contributed by atoms with Gasteiger partial charge in [-0.05, 0) is 6.42 Å². The first-order valence-electron chi connectivity index (χ1n) is 4.37. The monoisotopic (exact) mass is 178 g/mol. The van der Waals surface area contributed by atoms with E-state index in [9.17, 15) is 4.79 Å². The van der Waals surface area contributed by atoms with E-state index >= 15 is 0 Å². The molecule has 70 valence electrons. The molecule has 0 aromatic rings. The van der Waals surface area contributed by atoms with Gasteiger partial charge in [-0.1, -0.05) is 26.0 Å². The van der Waals surface area contributed by atoms with E-state index in [1.54, 1.807) is 12.4 Å². The van der Waals surface area contributed by atoms with Crippen molar-refractivity contribution in [2.45, 2.75) is 19.8 Å². The molecule has 13 heavy (non-hydrogen) atoms. The lowest BCUT2D eigenvalue weighted by Gasteiger charge is -2.22. The first kappa shape index (κ1) is 9.58. The number of amides is 1. The van der Waals surface area contributed by atoms with Crippen LogP contribution >= 0.6 is 0 Å². The van der Waals surface area contributed by atoms with Gasteiger partial charge in [0.05, 0.1) is 0 Å². The number of allylic oxidation sites excluding steroid dienone is 1. The Hall–Kier alpha value is -1.51. The van der Waals surface area contributed by atoms with Gasteiger partial charge in [0.2, 0.25) is 0 Å². The number of hydrogen-bond donors (Lipinski definition) is 1. The SMILES string of the molecule is C=C1NC=CC(=O)N1/C=C\CCC. The van der Waals surface area contributed by atoms with Crippen molar-refractivity contribution in [2.75, 3.05) is 0 Å². The van der Waals surface area contributed by atoms with Gasteiger partial charge in [0.15, 0.2) is 0 Å². The Kier molecular flexibility index (Phi) is 3.31. The zero-order chi connectivity index (χ0) is 9.68. The normalized spacial score (nSPS) is 16.8.